The van der Waals surface area contributed by atoms with Gasteiger partial charge in [0, 0.05) is 43.5 Å². The van der Waals surface area contributed by atoms with E-state index in [2.05, 4.69) is 29.5 Å². The van der Waals surface area contributed by atoms with Gasteiger partial charge in [-0.15, -0.1) is 0 Å². The van der Waals surface area contributed by atoms with Crippen LogP contribution in [-0.2, 0) is 11.3 Å². The molecule has 11 nitrogen and oxygen atoms in total. The number of carbonyl (C=O) groups is 2. The van der Waals surface area contributed by atoms with Crippen molar-refractivity contribution in [2.75, 3.05) is 50.8 Å². The van der Waals surface area contributed by atoms with Crippen LogP contribution in [0.15, 0.2) is 66.7 Å². The lowest BCUT2D eigenvalue weighted by Crippen LogP contribution is -2.47. The number of benzene rings is 3. The number of para-hydroxylation sites is 1. The average Bonchev–Trinajstić information content (AvgIpc) is 3.54. The van der Waals surface area contributed by atoms with E-state index in [0.29, 0.717) is 48.9 Å². The molecule has 0 saturated heterocycles. The number of fused-ring (bicyclic) bond motifs is 2. The Kier molecular flexibility index (Phi) is 12.2. The first-order chi connectivity index (χ1) is 23.2. The van der Waals surface area contributed by atoms with Gasteiger partial charge in [0.05, 0.1) is 30.4 Å². The number of carbonyl (C=O) groups excluding carboxylic acids is 2. The van der Waals surface area contributed by atoms with Crippen LogP contribution in [-0.4, -0.2) is 85.2 Å². The highest BCUT2D eigenvalue weighted by molar-refractivity contribution is 6.02. The number of rotatable bonds is 8. The molecular weight excluding hydrogens is 612 g/mol. The smallest absolute Gasteiger partial charge is 0.323 e. The topological polar surface area (TPSA) is 122 Å². The van der Waals surface area contributed by atoms with E-state index in [1.165, 1.54) is 0 Å². The predicted octanol–water partition coefficient (Wildman–Crippen LogP) is 5.99. The summed E-state index contributed by atoms with van der Waals surface area (Å²) in [6.45, 7) is 8.21. The Hall–Kier alpha value is -4.32. The monoisotopic (exact) mass is 660 g/mol. The first kappa shape index (κ1) is 35.0. The van der Waals surface area contributed by atoms with Crippen LogP contribution >= 0.6 is 0 Å². The van der Waals surface area contributed by atoms with E-state index < -0.39 is 12.1 Å². The molecule has 3 aromatic carbocycles. The number of aliphatic hydroxyl groups is 1. The third-order valence-corrected chi connectivity index (χ3v) is 8.72. The predicted molar refractivity (Wildman–Crippen MR) is 185 cm³/mol. The summed E-state index contributed by atoms with van der Waals surface area (Å²) in [7, 11) is 2.06. The maximum atomic E-state index is 14.4. The maximum Gasteiger partial charge on any atom is 0.323 e. The standard InChI is InChI=1S/C37H48N4O7/c1-25-20-41(26(2)23-42)36(43)31-19-30(39-37(44)38-29-11-6-5-7-12-29)14-16-32(31)48-27(3)10-8-9-17-45-35(25)22-40(4)21-28-13-15-33-34(18-28)47-24-46-33/h5-7,11-16,18-19,25-27,35,42H,8-10,17,20-24H2,1-4H3,(H2,38,39,44)/t25-,26-,27+,35+/m1/s1. The Morgan fingerprint density at radius 1 is 0.979 bits per heavy atom. The van der Waals surface area contributed by atoms with Gasteiger partial charge in [0.1, 0.15) is 5.75 Å². The zero-order chi connectivity index (χ0) is 34.0. The molecule has 0 spiro atoms. The Bertz CT molecular complexity index is 1520. The van der Waals surface area contributed by atoms with Crippen molar-refractivity contribution in [2.45, 2.75) is 64.8 Å². The van der Waals surface area contributed by atoms with E-state index in [1.54, 1.807) is 35.2 Å². The van der Waals surface area contributed by atoms with Crippen molar-refractivity contribution in [3.05, 3.63) is 77.9 Å². The second-order valence-corrected chi connectivity index (χ2v) is 12.8. The van der Waals surface area contributed by atoms with Crippen LogP contribution in [0, 0.1) is 5.92 Å². The number of amides is 3. The highest BCUT2D eigenvalue weighted by atomic mass is 16.7. The van der Waals surface area contributed by atoms with Gasteiger partial charge in [-0.2, -0.15) is 0 Å². The molecule has 0 bridgehead atoms. The minimum atomic E-state index is -0.469. The molecule has 0 saturated carbocycles. The van der Waals surface area contributed by atoms with Crippen molar-refractivity contribution in [3.63, 3.8) is 0 Å². The number of ether oxygens (including phenoxy) is 4. The largest absolute Gasteiger partial charge is 0.490 e. The van der Waals surface area contributed by atoms with Gasteiger partial charge in [0.25, 0.3) is 5.91 Å². The summed E-state index contributed by atoms with van der Waals surface area (Å²) in [5.41, 5.74) is 2.52. The van der Waals surface area contributed by atoms with Gasteiger partial charge >= 0.3 is 6.03 Å². The highest BCUT2D eigenvalue weighted by Gasteiger charge is 2.30. The first-order valence-electron chi connectivity index (χ1n) is 16.7. The number of urea groups is 1. The van der Waals surface area contributed by atoms with E-state index in [9.17, 15) is 14.7 Å². The van der Waals surface area contributed by atoms with E-state index in [0.717, 1.165) is 36.3 Å². The Balaban J connectivity index is 1.36. The lowest BCUT2D eigenvalue weighted by atomic mass is 10.0. The summed E-state index contributed by atoms with van der Waals surface area (Å²) in [6.07, 6.45) is 2.26. The summed E-state index contributed by atoms with van der Waals surface area (Å²) in [6, 6.07) is 19.3. The molecule has 2 aliphatic rings. The molecule has 4 atom stereocenters. The molecule has 48 heavy (non-hydrogen) atoms. The molecule has 0 radical (unpaired) electrons. The van der Waals surface area contributed by atoms with E-state index in [1.807, 2.05) is 50.2 Å². The van der Waals surface area contributed by atoms with Crippen LogP contribution < -0.4 is 24.8 Å². The number of hydrogen-bond donors (Lipinski definition) is 3. The average molecular weight is 661 g/mol. The molecule has 2 aliphatic heterocycles. The number of aliphatic hydroxyl groups excluding tert-OH is 1. The quantitative estimate of drug-likeness (QED) is 0.270. The molecule has 258 valence electrons. The zero-order valence-corrected chi connectivity index (χ0v) is 28.3. The van der Waals surface area contributed by atoms with Crippen LogP contribution in [0.5, 0.6) is 17.2 Å². The number of likely N-dealkylation sites (N-methyl/N-ethyl adjacent to an activating group) is 1. The van der Waals surface area contributed by atoms with Crippen molar-refractivity contribution < 1.29 is 33.6 Å². The maximum absolute atomic E-state index is 14.4. The van der Waals surface area contributed by atoms with Gasteiger partial charge in [-0.3, -0.25) is 9.69 Å². The fourth-order valence-electron chi connectivity index (χ4n) is 6.00. The lowest BCUT2D eigenvalue weighted by Gasteiger charge is -2.36. The third kappa shape index (κ3) is 9.40. The van der Waals surface area contributed by atoms with Gasteiger partial charge < -0.3 is 39.6 Å². The minimum absolute atomic E-state index is 0.0636. The second-order valence-electron chi connectivity index (χ2n) is 12.8. The molecule has 0 aliphatic carbocycles. The summed E-state index contributed by atoms with van der Waals surface area (Å²) in [5.74, 6) is 1.60. The molecule has 0 fully saturated rings. The van der Waals surface area contributed by atoms with E-state index >= 15 is 0 Å². The number of anilines is 2. The van der Waals surface area contributed by atoms with E-state index in [-0.39, 0.29) is 37.4 Å². The van der Waals surface area contributed by atoms with Crippen molar-refractivity contribution in [2.24, 2.45) is 5.92 Å². The summed E-state index contributed by atoms with van der Waals surface area (Å²) < 4.78 is 23.9. The van der Waals surface area contributed by atoms with Crippen LogP contribution in [0.2, 0.25) is 0 Å². The van der Waals surface area contributed by atoms with Gasteiger partial charge in [0.2, 0.25) is 6.79 Å². The van der Waals surface area contributed by atoms with Crippen molar-refractivity contribution in [3.8, 4) is 17.2 Å². The minimum Gasteiger partial charge on any atom is -0.490 e. The Morgan fingerprint density at radius 3 is 2.52 bits per heavy atom. The molecule has 3 N–H and O–H groups in total. The molecular formula is C37H48N4O7. The molecule has 5 rings (SSSR count). The number of hydrogen-bond acceptors (Lipinski definition) is 8. The Labute approximate surface area is 283 Å². The second kappa shape index (κ2) is 16.7. The zero-order valence-electron chi connectivity index (χ0n) is 28.3. The van der Waals surface area contributed by atoms with Crippen LogP contribution in [0.3, 0.4) is 0 Å². The van der Waals surface area contributed by atoms with Crippen LogP contribution in [0.1, 0.15) is 56.0 Å². The van der Waals surface area contributed by atoms with Crippen molar-refractivity contribution >= 4 is 23.3 Å². The molecule has 0 aromatic heterocycles. The molecule has 3 aromatic rings. The summed E-state index contributed by atoms with van der Waals surface area (Å²) >= 11 is 0. The van der Waals surface area contributed by atoms with Crippen LogP contribution in [0.4, 0.5) is 16.2 Å². The first-order valence-corrected chi connectivity index (χ1v) is 16.7. The number of nitrogens with one attached hydrogen (secondary N) is 2. The SMILES string of the molecule is C[C@@H]1CN([C@H](C)CO)C(=O)c2cc(NC(=O)Nc3ccccc3)ccc2O[C@@H](C)CCCCO[C@H]1CN(C)Cc1ccc2c(c1)OCO2. The summed E-state index contributed by atoms with van der Waals surface area (Å²) in [4.78, 5) is 31.1. The van der Waals surface area contributed by atoms with Crippen LogP contribution in [0.25, 0.3) is 0 Å². The van der Waals surface area contributed by atoms with Gasteiger partial charge in [-0.25, -0.2) is 4.79 Å². The number of nitrogens with zero attached hydrogens (tertiary/aromatic N) is 2. The molecule has 2 heterocycles. The fourth-order valence-corrected chi connectivity index (χ4v) is 6.00. The van der Waals surface area contributed by atoms with Gasteiger partial charge in [-0.1, -0.05) is 31.2 Å². The molecule has 11 heteroatoms. The van der Waals surface area contributed by atoms with Gasteiger partial charge in [0.15, 0.2) is 11.5 Å². The van der Waals surface area contributed by atoms with Crippen molar-refractivity contribution in [1.82, 2.24) is 9.80 Å². The Morgan fingerprint density at radius 2 is 1.73 bits per heavy atom. The molecule has 0 unspecified atom stereocenters. The third-order valence-electron chi connectivity index (χ3n) is 8.72. The summed E-state index contributed by atoms with van der Waals surface area (Å²) in [5, 5.41) is 15.9. The fraction of sp³-hybridized carbons (Fsp3) is 0.459. The lowest BCUT2D eigenvalue weighted by molar-refractivity contribution is -0.0177. The van der Waals surface area contributed by atoms with E-state index in [4.69, 9.17) is 18.9 Å². The molecule has 3 amide bonds. The highest BCUT2D eigenvalue weighted by Crippen LogP contribution is 2.33. The van der Waals surface area contributed by atoms with Gasteiger partial charge in [-0.05, 0) is 88.2 Å². The van der Waals surface area contributed by atoms with Crippen molar-refractivity contribution in [1.29, 1.82) is 0 Å². The normalized spacial score (nSPS) is 20.8.